The standard InChI is InChI=1S/C14H19NO2S/c1-14(2,3)18(16)15-11-9-8-10-6-5-7-12(17-4)13(10)11/h5-7H,8-9H2,1-4H3/t18-/m0/s1. The van der Waals surface area contributed by atoms with Gasteiger partial charge in [0.2, 0.25) is 0 Å². The molecule has 0 fully saturated rings. The van der Waals surface area contributed by atoms with E-state index in [0.717, 1.165) is 29.9 Å². The topological polar surface area (TPSA) is 44.6 Å². The number of hydrogen-bond donors (Lipinski definition) is 0. The highest BCUT2D eigenvalue weighted by Crippen LogP contribution is 2.32. The smallest absolute Gasteiger partial charge is 0.144 e. The molecule has 0 saturated carbocycles. The fourth-order valence-electron chi connectivity index (χ4n) is 1.99. The van der Waals surface area contributed by atoms with Gasteiger partial charge in [0.25, 0.3) is 0 Å². The lowest BCUT2D eigenvalue weighted by atomic mass is 10.1. The van der Waals surface area contributed by atoms with Crippen molar-refractivity contribution >= 4 is 17.1 Å². The first-order valence-electron chi connectivity index (χ1n) is 6.09. The molecule has 18 heavy (non-hydrogen) atoms. The third-order valence-electron chi connectivity index (χ3n) is 2.97. The molecule has 2 rings (SSSR count). The lowest BCUT2D eigenvalue weighted by molar-refractivity contribution is 0.414. The van der Waals surface area contributed by atoms with Crippen molar-refractivity contribution in [3.05, 3.63) is 29.3 Å². The summed E-state index contributed by atoms with van der Waals surface area (Å²) in [6.45, 7) is 5.81. The van der Waals surface area contributed by atoms with Crippen LogP contribution in [0.5, 0.6) is 5.75 Å². The maximum absolute atomic E-state index is 12.1. The summed E-state index contributed by atoms with van der Waals surface area (Å²) in [6, 6.07) is 6.00. The molecule has 0 unspecified atom stereocenters. The molecular formula is C14H19NO2S. The van der Waals surface area contributed by atoms with Gasteiger partial charge in [-0.05, 0) is 45.2 Å². The van der Waals surface area contributed by atoms with Crippen molar-refractivity contribution in [1.82, 2.24) is 0 Å². The minimum Gasteiger partial charge on any atom is -0.591 e. The Morgan fingerprint density at radius 2 is 2.00 bits per heavy atom. The summed E-state index contributed by atoms with van der Waals surface area (Å²) < 4.78 is 21.6. The maximum atomic E-state index is 12.1. The minimum absolute atomic E-state index is 0.322. The highest BCUT2D eigenvalue weighted by molar-refractivity contribution is 7.91. The highest BCUT2D eigenvalue weighted by atomic mass is 32.2. The summed E-state index contributed by atoms with van der Waals surface area (Å²) in [5, 5.41) is 0. The van der Waals surface area contributed by atoms with Gasteiger partial charge < -0.3 is 9.29 Å². The molecule has 0 aromatic heterocycles. The van der Waals surface area contributed by atoms with Crippen LogP contribution in [0.4, 0.5) is 0 Å². The molecule has 1 aromatic carbocycles. The Kier molecular flexibility index (Phi) is 3.69. The molecule has 1 aromatic rings. The minimum atomic E-state index is -1.21. The zero-order chi connectivity index (χ0) is 13.3. The van der Waals surface area contributed by atoms with Gasteiger partial charge in [0.15, 0.2) is 0 Å². The quantitative estimate of drug-likeness (QED) is 0.772. The van der Waals surface area contributed by atoms with Crippen LogP contribution >= 0.6 is 0 Å². The van der Waals surface area contributed by atoms with Gasteiger partial charge in [-0.2, -0.15) is 0 Å². The molecule has 0 radical (unpaired) electrons. The Labute approximate surface area is 112 Å². The number of benzene rings is 1. The van der Waals surface area contributed by atoms with Crippen molar-refractivity contribution in [2.75, 3.05) is 7.11 Å². The number of methoxy groups -OCH3 is 1. The van der Waals surface area contributed by atoms with Gasteiger partial charge in [0, 0.05) is 5.56 Å². The molecule has 3 nitrogen and oxygen atoms in total. The van der Waals surface area contributed by atoms with E-state index < -0.39 is 11.4 Å². The molecule has 98 valence electrons. The van der Waals surface area contributed by atoms with Crippen molar-refractivity contribution in [2.45, 2.75) is 38.4 Å². The highest BCUT2D eigenvalue weighted by Gasteiger charge is 2.30. The van der Waals surface area contributed by atoms with Crippen LogP contribution < -0.4 is 4.74 Å². The summed E-state index contributed by atoms with van der Waals surface area (Å²) in [5.74, 6) is 0.828. The van der Waals surface area contributed by atoms with Gasteiger partial charge in [-0.1, -0.05) is 16.5 Å². The van der Waals surface area contributed by atoms with Gasteiger partial charge in [0.05, 0.1) is 7.11 Å². The van der Waals surface area contributed by atoms with Gasteiger partial charge in [-0.3, -0.25) is 0 Å². The van der Waals surface area contributed by atoms with Crippen molar-refractivity contribution < 1.29 is 9.29 Å². The molecule has 4 heteroatoms. The second-order valence-corrected chi connectivity index (χ2v) is 7.30. The van der Waals surface area contributed by atoms with E-state index in [1.807, 2.05) is 32.9 Å². The predicted molar refractivity (Wildman–Crippen MR) is 75.7 cm³/mol. The molecule has 0 aliphatic heterocycles. The molecule has 0 saturated heterocycles. The third-order valence-corrected chi connectivity index (χ3v) is 4.40. The van der Waals surface area contributed by atoms with E-state index in [-0.39, 0.29) is 4.75 Å². The van der Waals surface area contributed by atoms with Gasteiger partial charge in [0.1, 0.15) is 27.6 Å². The van der Waals surface area contributed by atoms with E-state index in [1.165, 1.54) is 5.56 Å². The number of rotatable bonds is 2. The Morgan fingerprint density at radius 1 is 1.28 bits per heavy atom. The van der Waals surface area contributed by atoms with E-state index in [1.54, 1.807) is 7.11 Å². The molecule has 1 aliphatic carbocycles. The zero-order valence-corrected chi connectivity index (χ0v) is 12.1. The third kappa shape index (κ3) is 2.54. The van der Waals surface area contributed by atoms with Crippen LogP contribution in [0.25, 0.3) is 0 Å². The first kappa shape index (κ1) is 13.4. The number of aryl methyl sites for hydroxylation is 1. The van der Waals surface area contributed by atoms with Crippen LogP contribution in [0.1, 0.15) is 38.3 Å². The largest absolute Gasteiger partial charge is 0.591 e. The lowest BCUT2D eigenvalue weighted by Crippen LogP contribution is -2.26. The van der Waals surface area contributed by atoms with Gasteiger partial charge >= 0.3 is 0 Å². The van der Waals surface area contributed by atoms with E-state index in [2.05, 4.69) is 10.5 Å². The number of ether oxygens (including phenoxy) is 1. The number of fused-ring (bicyclic) bond motifs is 1. The van der Waals surface area contributed by atoms with Crippen LogP contribution in [0.15, 0.2) is 22.6 Å². The summed E-state index contributed by atoms with van der Waals surface area (Å²) in [4.78, 5) is 0. The van der Waals surface area contributed by atoms with Crippen molar-refractivity contribution in [3.63, 3.8) is 0 Å². The van der Waals surface area contributed by atoms with E-state index in [0.29, 0.717) is 0 Å². The molecule has 1 aliphatic rings. The van der Waals surface area contributed by atoms with E-state index >= 15 is 0 Å². The van der Waals surface area contributed by atoms with Crippen molar-refractivity contribution in [1.29, 1.82) is 0 Å². The lowest BCUT2D eigenvalue weighted by Gasteiger charge is -2.19. The summed E-state index contributed by atoms with van der Waals surface area (Å²) in [5.41, 5.74) is 3.19. The molecule has 0 heterocycles. The Hall–Kier alpha value is -1.00. The fourth-order valence-corrected chi connectivity index (χ4v) is 2.65. The summed E-state index contributed by atoms with van der Waals surface area (Å²) in [6.07, 6.45) is 1.80. The van der Waals surface area contributed by atoms with E-state index in [4.69, 9.17) is 4.74 Å². The number of hydrogen-bond acceptors (Lipinski definition) is 3. The second kappa shape index (κ2) is 4.94. The molecule has 0 amide bonds. The zero-order valence-electron chi connectivity index (χ0n) is 11.3. The second-order valence-electron chi connectivity index (χ2n) is 5.39. The predicted octanol–water partition coefficient (Wildman–Crippen LogP) is 2.89. The van der Waals surface area contributed by atoms with Crippen molar-refractivity contribution in [3.8, 4) is 5.75 Å². The number of nitrogens with zero attached hydrogens (tertiary/aromatic N) is 1. The summed E-state index contributed by atoms with van der Waals surface area (Å²) >= 11 is -1.21. The monoisotopic (exact) mass is 265 g/mol. The summed E-state index contributed by atoms with van der Waals surface area (Å²) in [7, 11) is 1.66. The van der Waals surface area contributed by atoms with Gasteiger partial charge in [-0.15, -0.1) is 0 Å². The van der Waals surface area contributed by atoms with Crippen LogP contribution in [0.2, 0.25) is 0 Å². The Morgan fingerprint density at radius 3 is 2.61 bits per heavy atom. The van der Waals surface area contributed by atoms with Crippen LogP contribution in [0.3, 0.4) is 0 Å². The van der Waals surface area contributed by atoms with Crippen LogP contribution in [0, 0.1) is 0 Å². The van der Waals surface area contributed by atoms with Gasteiger partial charge in [-0.25, -0.2) is 0 Å². The fraction of sp³-hybridized carbons (Fsp3) is 0.500. The molecule has 1 atom stereocenters. The maximum Gasteiger partial charge on any atom is 0.144 e. The normalized spacial score (nSPS) is 18.8. The Balaban J connectivity index is 2.39. The van der Waals surface area contributed by atoms with Crippen LogP contribution in [-0.2, 0) is 17.8 Å². The first-order valence-corrected chi connectivity index (χ1v) is 7.20. The van der Waals surface area contributed by atoms with Crippen LogP contribution in [-0.4, -0.2) is 22.1 Å². The molecule has 0 bridgehead atoms. The first-order chi connectivity index (χ1) is 8.43. The molecular weight excluding hydrogens is 246 g/mol. The SMILES string of the molecule is COc1cccc2c1C(=N[S@@+]([O-])C(C)(C)C)CC2. The molecule has 0 N–H and O–H groups in total. The average molecular weight is 265 g/mol. The average Bonchev–Trinajstić information content (AvgIpc) is 2.71. The van der Waals surface area contributed by atoms with E-state index in [9.17, 15) is 4.55 Å². The molecule has 0 spiro atoms. The Bertz CT molecular complexity index is 477. The van der Waals surface area contributed by atoms with Crippen molar-refractivity contribution in [2.24, 2.45) is 4.40 Å².